The van der Waals surface area contributed by atoms with Crippen molar-refractivity contribution in [3.05, 3.63) is 59.7 Å². The molecule has 5 heteroatoms. The molecule has 92 valence electrons. The lowest BCUT2D eigenvalue weighted by atomic mass is 10.2. The van der Waals surface area contributed by atoms with Gasteiger partial charge in [0.1, 0.15) is 0 Å². The molecule has 0 spiro atoms. The highest BCUT2D eigenvalue weighted by atomic mass is 19.2. The number of hydrogen-bond acceptors (Lipinski definition) is 3. The zero-order valence-corrected chi connectivity index (χ0v) is 9.19. The number of hydrogen-bond donors (Lipinski definition) is 1. The van der Waals surface area contributed by atoms with Crippen LogP contribution in [0.2, 0.25) is 0 Å². The molecule has 0 radical (unpaired) electrons. The molecule has 0 saturated carbocycles. The van der Waals surface area contributed by atoms with Crippen molar-refractivity contribution in [2.24, 2.45) is 0 Å². The second-order valence-electron chi connectivity index (χ2n) is 3.54. The molecule has 2 N–H and O–H groups in total. The first-order valence-electron chi connectivity index (χ1n) is 5.10. The van der Waals surface area contributed by atoms with Gasteiger partial charge in [-0.15, -0.1) is 0 Å². The van der Waals surface area contributed by atoms with E-state index in [1.807, 2.05) is 0 Å². The van der Waals surface area contributed by atoms with Gasteiger partial charge in [-0.3, -0.25) is 0 Å². The van der Waals surface area contributed by atoms with Gasteiger partial charge in [-0.1, -0.05) is 18.2 Å². The van der Waals surface area contributed by atoms with E-state index in [0.29, 0.717) is 0 Å². The Morgan fingerprint density at radius 3 is 2.33 bits per heavy atom. The number of nitrogens with two attached hydrogens (primary N) is 1. The summed E-state index contributed by atoms with van der Waals surface area (Å²) in [7, 11) is 0. The molecule has 0 aromatic heterocycles. The molecule has 0 bridgehead atoms. The Kier molecular flexibility index (Phi) is 3.23. The Balaban J connectivity index is 2.26. The Morgan fingerprint density at radius 1 is 1.00 bits per heavy atom. The molecule has 0 heterocycles. The topological polar surface area (TPSA) is 52.3 Å². The third-order valence-electron chi connectivity index (χ3n) is 2.29. The van der Waals surface area contributed by atoms with Gasteiger partial charge < -0.3 is 10.5 Å². The Bertz CT molecular complexity index is 585. The van der Waals surface area contributed by atoms with E-state index in [0.717, 1.165) is 12.1 Å². The van der Waals surface area contributed by atoms with Crippen molar-refractivity contribution < 1.29 is 18.3 Å². The maximum absolute atomic E-state index is 13.4. The third-order valence-corrected chi connectivity index (χ3v) is 2.29. The first kappa shape index (κ1) is 12.0. The van der Waals surface area contributed by atoms with Gasteiger partial charge in [0.25, 0.3) is 0 Å². The van der Waals surface area contributed by atoms with Gasteiger partial charge >= 0.3 is 5.97 Å². The molecule has 0 atom stereocenters. The first-order chi connectivity index (χ1) is 8.59. The number of halogens is 2. The molecule has 0 unspecified atom stereocenters. The van der Waals surface area contributed by atoms with E-state index in [9.17, 15) is 13.6 Å². The molecule has 0 aliphatic heterocycles. The third kappa shape index (κ3) is 2.29. The van der Waals surface area contributed by atoms with Crippen LogP contribution in [0.5, 0.6) is 5.75 Å². The van der Waals surface area contributed by atoms with Gasteiger partial charge in [0.05, 0.1) is 11.3 Å². The lowest BCUT2D eigenvalue weighted by molar-refractivity contribution is 0.0727. The Labute approximate surface area is 102 Å². The van der Waals surface area contributed by atoms with E-state index in [4.69, 9.17) is 10.5 Å². The lowest BCUT2D eigenvalue weighted by Gasteiger charge is -2.06. The number of nitrogen functional groups attached to an aromatic ring is 1. The molecule has 0 aliphatic carbocycles. The van der Waals surface area contributed by atoms with Crippen LogP contribution in [0.25, 0.3) is 0 Å². The smallest absolute Gasteiger partial charge is 0.343 e. The predicted octanol–water partition coefficient (Wildman–Crippen LogP) is 2.77. The summed E-state index contributed by atoms with van der Waals surface area (Å²) in [6.45, 7) is 0. The van der Waals surface area contributed by atoms with Gasteiger partial charge in [-0.05, 0) is 24.3 Å². The highest BCUT2D eigenvalue weighted by Gasteiger charge is 2.16. The Morgan fingerprint density at radius 2 is 1.67 bits per heavy atom. The van der Waals surface area contributed by atoms with Gasteiger partial charge in [0, 0.05) is 0 Å². The average molecular weight is 249 g/mol. The van der Waals surface area contributed by atoms with Crippen molar-refractivity contribution in [1.82, 2.24) is 0 Å². The molecular formula is C13H9F2NO2. The van der Waals surface area contributed by atoms with E-state index < -0.39 is 23.4 Å². The van der Waals surface area contributed by atoms with Crippen molar-refractivity contribution >= 4 is 11.7 Å². The van der Waals surface area contributed by atoms with Crippen LogP contribution in [0.4, 0.5) is 14.5 Å². The zero-order chi connectivity index (χ0) is 13.1. The van der Waals surface area contributed by atoms with E-state index in [2.05, 4.69) is 0 Å². The van der Waals surface area contributed by atoms with Crippen LogP contribution >= 0.6 is 0 Å². The normalized spacial score (nSPS) is 10.1. The van der Waals surface area contributed by atoms with Crippen LogP contribution in [0.1, 0.15) is 10.4 Å². The van der Waals surface area contributed by atoms with E-state index in [-0.39, 0.29) is 11.3 Å². The van der Waals surface area contributed by atoms with Crippen molar-refractivity contribution in [1.29, 1.82) is 0 Å². The maximum atomic E-state index is 13.4. The van der Waals surface area contributed by atoms with Gasteiger partial charge in [-0.2, -0.15) is 4.39 Å². The molecule has 0 aliphatic rings. The van der Waals surface area contributed by atoms with Crippen LogP contribution < -0.4 is 10.5 Å². The summed E-state index contributed by atoms with van der Waals surface area (Å²) in [6.07, 6.45) is 0. The SMILES string of the molecule is Nc1ccc(OC(=O)c2ccccc2)c(F)c1F. The summed E-state index contributed by atoms with van der Waals surface area (Å²) in [6, 6.07) is 10.2. The number of anilines is 1. The van der Waals surface area contributed by atoms with E-state index >= 15 is 0 Å². The van der Waals surface area contributed by atoms with Gasteiger partial charge in [-0.25, -0.2) is 9.18 Å². The van der Waals surface area contributed by atoms with E-state index in [1.165, 1.54) is 12.1 Å². The quantitative estimate of drug-likeness (QED) is 0.506. The largest absolute Gasteiger partial charge is 0.420 e. The summed E-state index contributed by atoms with van der Waals surface area (Å²) in [5.74, 6) is -3.76. The standard InChI is InChI=1S/C13H9F2NO2/c14-11-9(16)6-7-10(12(11)15)18-13(17)8-4-2-1-3-5-8/h1-7H,16H2. The number of esters is 1. The minimum absolute atomic E-state index is 0.245. The number of rotatable bonds is 2. The van der Waals surface area contributed by atoms with E-state index in [1.54, 1.807) is 18.2 Å². The van der Waals surface area contributed by atoms with Crippen LogP contribution in [-0.2, 0) is 0 Å². The van der Waals surface area contributed by atoms with Crippen molar-refractivity contribution in [3.8, 4) is 5.75 Å². The zero-order valence-electron chi connectivity index (χ0n) is 9.19. The molecule has 2 rings (SSSR count). The van der Waals surface area contributed by atoms with Gasteiger partial charge in [0.2, 0.25) is 5.82 Å². The number of benzene rings is 2. The molecule has 0 fully saturated rings. The molecular weight excluding hydrogens is 240 g/mol. The average Bonchev–Trinajstić information content (AvgIpc) is 2.40. The monoisotopic (exact) mass is 249 g/mol. The van der Waals surface area contributed by atoms with Crippen LogP contribution in [-0.4, -0.2) is 5.97 Å². The minimum atomic E-state index is -1.28. The molecule has 2 aromatic rings. The molecule has 0 amide bonds. The first-order valence-corrected chi connectivity index (χ1v) is 5.10. The molecule has 2 aromatic carbocycles. The van der Waals surface area contributed by atoms with Gasteiger partial charge in [0.15, 0.2) is 11.6 Å². The summed E-state index contributed by atoms with van der Waals surface area (Å²) in [4.78, 5) is 11.6. The highest BCUT2D eigenvalue weighted by Crippen LogP contribution is 2.24. The van der Waals surface area contributed by atoms with Crippen LogP contribution in [0, 0.1) is 11.6 Å². The maximum Gasteiger partial charge on any atom is 0.343 e. The summed E-state index contributed by atoms with van der Waals surface area (Å²) in [5.41, 5.74) is 5.08. The molecule has 0 saturated heterocycles. The molecule has 18 heavy (non-hydrogen) atoms. The van der Waals surface area contributed by atoms with Crippen LogP contribution in [0.15, 0.2) is 42.5 Å². The number of ether oxygens (including phenoxy) is 1. The fraction of sp³-hybridized carbons (Fsp3) is 0. The Hall–Kier alpha value is -2.43. The fourth-order valence-corrected chi connectivity index (χ4v) is 1.36. The van der Waals surface area contributed by atoms with Crippen LogP contribution in [0.3, 0.4) is 0 Å². The summed E-state index contributed by atoms with van der Waals surface area (Å²) in [5, 5.41) is 0. The fourth-order valence-electron chi connectivity index (χ4n) is 1.36. The van der Waals surface area contributed by atoms with Crippen molar-refractivity contribution in [2.75, 3.05) is 5.73 Å². The summed E-state index contributed by atoms with van der Waals surface area (Å²) < 4.78 is 31.3. The molecule has 3 nitrogen and oxygen atoms in total. The predicted molar refractivity (Wildman–Crippen MR) is 62.2 cm³/mol. The van der Waals surface area contributed by atoms with Crippen molar-refractivity contribution in [3.63, 3.8) is 0 Å². The minimum Gasteiger partial charge on any atom is -0.420 e. The second-order valence-corrected chi connectivity index (χ2v) is 3.54. The second kappa shape index (κ2) is 4.83. The number of carbonyl (C=O) groups is 1. The van der Waals surface area contributed by atoms with Crippen molar-refractivity contribution in [2.45, 2.75) is 0 Å². The summed E-state index contributed by atoms with van der Waals surface area (Å²) >= 11 is 0. The highest BCUT2D eigenvalue weighted by molar-refractivity contribution is 5.91. The number of carbonyl (C=O) groups excluding carboxylic acids is 1. The lowest BCUT2D eigenvalue weighted by Crippen LogP contribution is -2.10.